The van der Waals surface area contributed by atoms with Crippen LogP contribution in [0.4, 0.5) is 4.79 Å². The second kappa shape index (κ2) is 7.66. The summed E-state index contributed by atoms with van der Waals surface area (Å²) in [6.07, 6.45) is 4.74. The number of nitrogens with zero attached hydrogens (tertiary/aromatic N) is 1. The van der Waals surface area contributed by atoms with Gasteiger partial charge in [-0.05, 0) is 70.9 Å². The number of allylic oxidation sites excluding steroid dienone is 2. The molecule has 0 bridgehead atoms. The van der Waals surface area contributed by atoms with Crippen molar-refractivity contribution in [1.82, 2.24) is 10.2 Å². The van der Waals surface area contributed by atoms with Gasteiger partial charge in [-0.25, -0.2) is 4.79 Å². The first-order valence-corrected chi connectivity index (χ1v) is 10.6. The maximum atomic E-state index is 12.3. The SMILES string of the molecule is C/C=C(/c1sc2c(c1C)C(=O)NCC2)C1CCN(C(=O)OC(C)(C)C)CC1. The van der Waals surface area contributed by atoms with E-state index in [9.17, 15) is 9.59 Å². The first kappa shape index (κ1) is 19.9. The van der Waals surface area contributed by atoms with Crippen molar-refractivity contribution < 1.29 is 14.3 Å². The number of piperidine rings is 1. The molecular weight excluding hydrogens is 360 g/mol. The number of rotatable bonds is 2. The van der Waals surface area contributed by atoms with E-state index in [1.54, 1.807) is 11.3 Å². The Bertz CT molecular complexity index is 765. The molecule has 1 N–H and O–H groups in total. The van der Waals surface area contributed by atoms with Crippen LogP contribution in [0.1, 0.15) is 66.2 Å². The summed E-state index contributed by atoms with van der Waals surface area (Å²) in [5.74, 6) is 0.474. The zero-order chi connectivity index (χ0) is 19.8. The number of nitrogens with one attached hydrogen (secondary N) is 1. The summed E-state index contributed by atoms with van der Waals surface area (Å²) in [6.45, 7) is 12.0. The van der Waals surface area contributed by atoms with Crippen LogP contribution in [-0.4, -0.2) is 42.1 Å². The average molecular weight is 391 g/mol. The van der Waals surface area contributed by atoms with Gasteiger partial charge in [-0.15, -0.1) is 11.3 Å². The zero-order valence-corrected chi connectivity index (χ0v) is 17.8. The molecule has 3 rings (SSSR count). The van der Waals surface area contributed by atoms with Crippen molar-refractivity contribution in [3.05, 3.63) is 27.0 Å². The molecule has 0 aliphatic carbocycles. The van der Waals surface area contributed by atoms with Crippen LogP contribution in [-0.2, 0) is 11.2 Å². The molecule has 27 heavy (non-hydrogen) atoms. The van der Waals surface area contributed by atoms with Gasteiger partial charge in [0.1, 0.15) is 5.60 Å². The minimum absolute atomic E-state index is 0.0615. The molecule has 1 fully saturated rings. The van der Waals surface area contributed by atoms with Crippen LogP contribution < -0.4 is 5.32 Å². The molecule has 148 valence electrons. The van der Waals surface area contributed by atoms with Crippen LogP contribution in [0.2, 0.25) is 0 Å². The van der Waals surface area contributed by atoms with E-state index in [4.69, 9.17) is 4.74 Å². The molecule has 1 aromatic rings. The standard InChI is InChI=1S/C21H30N2O3S/c1-6-15(18-13(2)17-16(27-18)7-10-22-19(17)24)14-8-11-23(12-9-14)20(25)26-21(3,4)5/h6,14H,7-12H2,1-5H3,(H,22,24)/b15-6+. The van der Waals surface area contributed by atoms with E-state index in [0.717, 1.165) is 36.9 Å². The number of likely N-dealkylation sites (tertiary alicyclic amines) is 1. The van der Waals surface area contributed by atoms with Crippen molar-refractivity contribution in [2.75, 3.05) is 19.6 Å². The Labute approximate surface area is 165 Å². The van der Waals surface area contributed by atoms with Crippen molar-refractivity contribution in [2.45, 2.75) is 59.5 Å². The lowest BCUT2D eigenvalue weighted by Crippen LogP contribution is -2.41. The van der Waals surface area contributed by atoms with E-state index in [-0.39, 0.29) is 12.0 Å². The summed E-state index contributed by atoms with van der Waals surface area (Å²) in [7, 11) is 0. The van der Waals surface area contributed by atoms with Crippen LogP contribution in [0.3, 0.4) is 0 Å². The van der Waals surface area contributed by atoms with Gasteiger partial charge in [0.05, 0.1) is 5.56 Å². The van der Waals surface area contributed by atoms with Crippen LogP contribution in [0.5, 0.6) is 0 Å². The monoisotopic (exact) mass is 390 g/mol. The maximum absolute atomic E-state index is 12.3. The lowest BCUT2D eigenvalue weighted by molar-refractivity contribution is 0.0199. The molecule has 6 heteroatoms. The number of fused-ring (bicyclic) bond motifs is 1. The van der Waals surface area contributed by atoms with Crippen molar-refractivity contribution in [3.8, 4) is 0 Å². The van der Waals surface area contributed by atoms with E-state index in [1.165, 1.54) is 15.3 Å². The number of thiophene rings is 1. The molecule has 2 amide bonds. The number of amides is 2. The van der Waals surface area contributed by atoms with Crippen molar-refractivity contribution >= 4 is 28.9 Å². The summed E-state index contributed by atoms with van der Waals surface area (Å²) in [4.78, 5) is 28.8. The smallest absolute Gasteiger partial charge is 0.410 e. The Balaban J connectivity index is 1.72. The predicted molar refractivity (Wildman–Crippen MR) is 109 cm³/mol. The van der Waals surface area contributed by atoms with Crippen molar-refractivity contribution in [3.63, 3.8) is 0 Å². The zero-order valence-electron chi connectivity index (χ0n) is 17.0. The molecule has 0 aromatic carbocycles. The molecular formula is C21H30N2O3S. The van der Waals surface area contributed by atoms with E-state index in [2.05, 4.69) is 25.2 Å². The lowest BCUT2D eigenvalue weighted by Gasteiger charge is -2.34. The van der Waals surface area contributed by atoms with E-state index in [0.29, 0.717) is 19.0 Å². The highest BCUT2D eigenvalue weighted by Crippen LogP contribution is 2.40. The third kappa shape index (κ3) is 4.21. The van der Waals surface area contributed by atoms with Crippen LogP contribution >= 0.6 is 11.3 Å². The maximum Gasteiger partial charge on any atom is 0.410 e. The molecule has 3 heterocycles. The molecule has 2 aliphatic rings. The summed E-state index contributed by atoms with van der Waals surface area (Å²) >= 11 is 1.77. The fourth-order valence-corrected chi connectivity index (χ4v) is 5.41. The molecule has 0 unspecified atom stereocenters. The van der Waals surface area contributed by atoms with E-state index < -0.39 is 5.60 Å². The number of hydrogen-bond acceptors (Lipinski definition) is 4. The van der Waals surface area contributed by atoms with E-state index in [1.807, 2.05) is 25.7 Å². The fourth-order valence-electron chi connectivity index (χ4n) is 3.95. The first-order chi connectivity index (χ1) is 12.7. The number of carbonyl (C=O) groups is 2. The molecule has 0 atom stereocenters. The minimum Gasteiger partial charge on any atom is -0.444 e. The van der Waals surface area contributed by atoms with Crippen molar-refractivity contribution in [1.29, 1.82) is 0 Å². The second-order valence-corrected chi connectivity index (χ2v) is 9.45. The largest absolute Gasteiger partial charge is 0.444 e. The minimum atomic E-state index is -0.462. The first-order valence-electron chi connectivity index (χ1n) is 9.76. The Morgan fingerprint density at radius 2 is 1.96 bits per heavy atom. The highest BCUT2D eigenvalue weighted by Gasteiger charge is 2.31. The van der Waals surface area contributed by atoms with Gasteiger partial charge in [-0.3, -0.25) is 4.79 Å². The predicted octanol–water partition coefficient (Wildman–Crippen LogP) is 4.39. The van der Waals surface area contributed by atoms with Crippen LogP contribution in [0.15, 0.2) is 6.08 Å². The molecule has 0 saturated carbocycles. The van der Waals surface area contributed by atoms with Crippen LogP contribution in [0.25, 0.3) is 5.57 Å². The lowest BCUT2D eigenvalue weighted by atomic mass is 9.86. The third-order valence-corrected chi connectivity index (χ3v) is 6.64. The summed E-state index contributed by atoms with van der Waals surface area (Å²) in [5.41, 5.74) is 2.85. The van der Waals surface area contributed by atoms with E-state index >= 15 is 0 Å². The quantitative estimate of drug-likeness (QED) is 0.815. The average Bonchev–Trinajstić information content (AvgIpc) is 2.93. The van der Waals surface area contributed by atoms with Gasteiger partial charge in [0.25, 0.3) is 5.91 Å². The number of ether oxygens (including phenoxy) is 1. The summed E-state index contributed by atoms with van der Waals surface area (Å²) in [6, 6.07) is 0. The van der Waals surface area contributed by atoms with Gasteiger partial charge in [-0.2, -0.15) is 0 Å². The van der Waals surface area contributed by atoms with Crippen LogP contribution in [0, 0.1) is 12.8 Å². The molecule has 0 radical (unpaired) electrons. The van der Waals surface area contributed by atoms with Gasteiger partial charge in [0.2, 0.25) is 0 Å². The molecule has 0 spiro atoms. The highest BCUT2D eigenvalue weighted by molar-refractivity contribution is 7.13. The van der Waals surface area contributed by atoms with Gasteiger partial charge in [0, 0.05) is 29.4 Å². The third-order valence-electron chi connectivity index (χ3n) is 5.24. The van der Waals surface area contributed by atoms with Gasteiger partial charge < -0.3 is 15.0 Å². The Morgan fingerprint density at radius 1 is 1.30 bits per heavy atom. The Hall–Kier alpha value is -1.82. The Morgan fingerprint density at radius 3 is 2.52 bits per heavy atom. The second-order valence-electron chi connectivity index (χ2n) is 8.35. The summed E-state index contributed by atoms with van der Waals surface area (Å²) in [5, 5.41) is 2.96. The molecule has 2 aliphatic heterocycles. The molecule has 1 aromatic heterocycles. The van der Waals surface area contributed by atoms with Gasteiger partial charge >= 0.3 is 6.09 Å². The summed E-state index contributed by atoms with van der Waals surface area (Å²) < 4.78 is 5.50. The molecule has 5 nitrogen and oxygen atoms in total. The normalized spacial score (nSPS) is 18.9. The topological polar surface area (TPSA) is 58.6 Å². The molecule has 1 saturated heterocycles. The van der Waals surface area contributed by atoms with Crippen molar-refractivity contribution in [2.24, 2.45) is 5.92 Å². The Kier molecular flexibility index (Phi) is 5.65. The van der Waals surface area contributed by atoms with Gasteiger partial charge in [0.15, 0.2) is 0 Å². The fraction of sp³-hybridized carbons (Fsp3) is 0.619. The number of hydrogen-bond donors (Lipinski definition) is 1. The van der Waals surface area contributed by atoms with Gasteiger partial charge in [-0.1, -0.05) is 6.08 Å². The highest BCUT2D eigenvalue weighted by atomic mass is 32.1. The number of carbonyl (C=O) groups excluding carboxylic acids is 2.